The fourth-order valence-electron chi connectivity index (χ4n) is 7.66. The monoisotopic (exact) mass is 670 g/mol. The summed E-state index contributed by atoms with van der Waals surface area (Å²) in [5, 5.41) is 3.15. The molecule has 3 aromatic heterocycles. The standard InChI is InChI=1S/C30H30F8N8O/c31-16-7-29(3-1-5-46(29)12-16)14-47-27-43-23-17(26(44-27)45-11-15-2-4-28(13-45,41-9-15)8-19(33)34)10-40-25(22(23)35)24-21(30(36,37)38)18(32)6-20(39)42-24/h6,8,10,15-16,41H,1-5,7,9,11-14H2,(H2,39,42)/t15-,16-,28-,29+/m1/s1. The van der Waals surface area contributed by atoms with E-state index in [0.717, 1.165) is 18.7 Å². The Hall–Kier alpha value is -3.86. The highest BCUT2D eigenvalue weighted by Gasteiger charge is 2.49. The van der Waals surface area contributed by atoms with Gasteiger partial charge in [0.2, 0.25) is 0 Å². The molecule has 5 fully saturated rings. The van der Waals surface area contributed by atoms with Crippen LogP contribution in [0.25, 0.3) is 22.3 Å². The number of aromatic nitrogens is 4. The number of fused-ring (bicyclic) bond motifs is 6. The average molecular weight is 671 g/mol. The fraction of sp³-hybridized carbons (Fsp3) is 0.533. The molecule has 0 unspecified atom stereocenters. The molecule has 17 heteroatoms. The molecule has 0 aromatic carbocycles. The number of ether oxygens (including phenoxy) is 1. The van der Waals surface area contributed by atoms with Crippen LogP contribution < -0.4 is 20.7 Å². The molecule has 2 bridgehead atoms. The zero-order valence-electron chi connectivity index (χ0n) is 24.9. The van der Waals surface area contributed by atoms with Crippen molar-refractivity contribution in [3.8, 4) is 17.4 Å². The van der Waals surface area contributed by atoms with Crippen LogP contribution in [0.5, 0.6) is 6.01 Å². The van der Waals surface area contributed by atoms with Crippen molar-refractivity contribution >= 4 is 22.5 Å². The van der Waals surface area contributed by atoms with Gasteiger partial charge in [0.25, 0.3) is 6.08 Å². The first-order chi connectivity index (χ1) is 22.3. The van der Waals surface area contributed by atoms with Crippen LogP contribution >= 0.6 is 0 Å². The number of nitrogens with two attached hydrogens (primary N) is 1. The topological polar surface area (TPSA) is 105 Å². The van der Waals surface area contributed by atoms with Crippen molar-refractivity contribution in [1.82, 2.24) is 30.2 Å². The third-order valence-corrected chi connectivity index (χ3v) is 9.75. The maximum absolute atomic E-state index is 16.4. The maximum atomic E-state index is 16.4. The molecule has 5 aliphatic heterocycles. The minimum absolute atomic E-state index is 0.00276. The number of anilines is 2. The summed E-state index contributed by atoms with van der Waals surface area (Å²) in [5.41, 5.74) is -0.716. The quantitative estimate of drug-likeness (QED) is 0.340. The van der Waals surface area contributed by atoms with Gasteiger partial charge < -0.3 is 20.7 Å². The molecule has 5 aliphatic rings. The number of nitrogens with one attached hydrogen (secondary N) is 1. The highest BCUT2D eigenvalue weighted by Crippen LogP contribution is 2.43. The third kappa shape index (κ3) is 5.70. The number of halogens is 8. The number of nitrogen functional groups attached to an aromatic ring is 1. The number of rotatable bonds is 6. The van der Waals surface area contributed by atoms with Crippen LogP contribution in [-0.4, -0.2) is 81.4 Å². The van der Waals surface area contributed by atoms with Gasteiger partial charge in [-0.1, -0.05) is 0 Å². The molecule has 252 valence electrons. The molecule has 3 N–H and O–H groups in total. The van der Waals surface area contributed by atoms with Gasteiger partial charge in [-0.05, 0) is 38.1 Å². The van der Waals surface area contributed by atoms with Gasteiger partial charge in [-0.25, -0.2) is 18.2 Å². The van der Waals surface area contributed by atoms with Crippen LogP contribution in [0.15, 0.2) is 24.4 Å². The second kappa shape index (κ2) is 11.4. The minimum Gasteiger partial charge on any atom is -0.461 e. The minimum atomic E-state index is -5.28. The molecule has 5 saturated heterocycles. The predicted octanol–water partition coefficient (Wildman–Crippen LogP) is 5.26. The number of alkyl halides is 4. The summed E-state index contributed by atoms with van der Waals surface area (Å²) in [4.78, 5) is 19.9. The zero-order valence-corrected chi connectivity index (χ0v) is 24.9. The van der Waals surface area contributed by atoms with Gasteiger partial charge in [-0.15, -0.1) is 0 Å². The highest BCUT2D eigenvalue weighted by atomic mass is 19.4. The number of hydrogen-bond acceptors (Lipinski definition) is 9. The summed E-state index contributed by atoms with van der Waals surface area (Å²) in [5.74, 6) is -3.69. The van der Waals surface area contributed by atoms with Crippen LogP contribution in [0.2, 0.25) is 0 Å². The Balaban J connectivity index is 1.37. The molecule has 47 heavy (non-hydrogen) atoms. The lowest BCUT2D eigenvalue weighted by Gasteiger charge is -2.35. The summed E-state index contributed by atoms with van der Waals surface area (Å²) >= 11 is 0. The van der Waals surface area contributed by atoms with Crippen LogP contribution in [0.1, 0.15) is 37.7 Å². The Morgan fingerprint density at radius 2 is 1.94 bits per heavy atom. The summed E-state index contributed by atoms with van der Waals surface area (Å²) in [7, 11) is 0. The zero-order chi connectivity index (χ0) is 33.3. The Morgan fingerprint density at radius 3 is 2.66 bits per heavy atom. The predicted molar refractivity (Wildman–Crippen MR) is 154 cm³/mol. The SMILES string of the molecule is Nc1cc(F)c(C(F)(F)F)c(-c2ncc3c(N4C[C@@H]5CC[C@@](C=C(F)F)(C4)NC5)nc(OC[C@@]45CCCN4C[C@H](F)C5)nc3c2F)n1. The average Bonchev–Trinajstić information content (AvgIpc) is 3.37. The van der Waals surface area contributed by atoms with Crippen molar-refractivity contribution in [2.24, 2.45) is 5.92 Å². The molecular weight excluding hydrogens is 640 g/mol. The fourth-order valence-corrected chi connectivity index (χ4v) is 7.66. The van der Waals surface area contributed by atoms with E-state index >= 15 is 4.39 Å². The van der Waals surface area contributed by atoms with Crippen molar-refractivity contribution in [2.75, 3.05) is 50.0 Å². The molecular formula is C30H30F8N8O. The van der Waals surface area contributed by atoms with E-state index in [-0.39, 0.29) is 49.2 Å². The van der Waals surface area contributed by atoms with E-state index < -0.39 is 69.4 Å². The van der Waals surface area contributed by atoms with Crippen molar-refractivity contribution in [3.05, 3.63) is 41.6 Å². The Labute approximate surface area is 263 Å². The molecule has 0 aliphatic carbocycles. The van der Waals surface area contributed by atoms with Gasteiger partial charge >= 0.3 is 12.2 Å². The number of hydrogen-bond donors (Lipinski definition) is 2. The summed E-state index contributed by atoms with van der Waals surface area (Å²) < 4.78 is 121. The van der Waals surface area contributed by atoms with Crippen LogP contribution in [-0.2, 0) is 6.18 Å². The van der Waals surface area contributed by atoms with E-state index in [1.807, 2.05) is 4.90 Å². The van der Waals surface area contributed by atoms with Gasteiger partial charge in [0.05, 0.1) is 16.5 Å². The molecule has 8 heterocycles. The van der Waals surface area contributed by atoms with Gasteiger partial charge in [-0.3, -0.25) is 9.88 Å². The lowest BCUT2D eigenvalue weighted by atomic mass is 9.86. The van der Waals surface area contributed by atoms with Crippen molar-refractivity contribution < 1.29 is 39.9 Å². The molecule has 0 spiro atoms. The lowest BCUT2D eigenvalue weighted by molar-refractivity contribution is -0.139. The smallest absolute Gasteiger partial charge is 0.421 e. The van der Waals surface area contributed by atoms with Gasteiger partial charge in [0.15, 0.2) is 5.82 Å². The second-order valence-electron chi connectivity index (χ2n) is 12.9. The molecule has 9 nitrogen and oxygen atoms in total. The lowest BCUT2D eigenvalue weighted by Crippen LogP contribution is -2.52. The maximum Gasteiger partial charge on any atom is 0.421 e. The third-order valence-electron chi connectivity index (χ3n) is 9.75. The van der Waals surface area contributed by atoms with E-state index in [9.17, 15) is 30.7 Å². The first-order valence-electron chi connectivity index (χ1n) is 15.2. The van der Waals surface area contributed by atoms with Gasteiger partial charge in [0, 0.05) is 50.9 Å². The van der Waals surface area contributed by atoms with E-state index in [0.29, 0.717) is 45.0 Å². The molecule has 0 radical (unpaired) electrons. The molecule has 3 aromatic rings. The Kier molecular flexibility index (Phi) is 7.69. The van der Waals surface area contributed by atoms with Crippen molar-refractivity contribution in [2.45, 2.75) is 55.5 Å². The molecule has 0 saturated carbocycles. The van der Waals surface area contributed by atoms with Crippen LogP contribution in [0.4, 0.5) is 46.8 Å². The van der Waals surface area contributed by atoms with Crippen LogP contribution in [0, 0.1) is 17.6 Å². The van der Waals surface area contributed by atoms with E-state index in [2.05, 4.69) is 25.3 Å². The first-order valence-corrected chi connectivity index (χ1v) is 15.2. The van der Waals surface area contributed by atoms with Crippen molar-refractivity contribution in [1.29, 1.82) is 0 Å². The number of pyridine rings is 2. The first kappa shape index (κ1) is 31.7. The van der Waals surface area contributed by atoms with Gasteiger partial charge in [-0.2, -0.15) is 31.9 Å². The Bertz CT molecular complexity index is 1740. The number of piperidine rings is 1. The van der Waals surface area contributed by atoms with E-state index in [1.54, 1.807) is 4.90 Å². The van der Waals surface area contributed by atoms with E-state index in [1.165, 1.54) is 0 Å². The summed E-state index contributed by atoms with van der Waals surface area (Å²) in [6, 6.07) is 0.0288. The molecule has 8 rings (SSSR count). The summed E-state index contributed by atoms with van der Waals surface area (Å²) in [6.45, 7) is 1.63. The van der Waals surface area contributed by atoms with Gasteiger partial charge in [0.1, 0.15) is 52.7 Å². The largest absolute Gasteiger partial charge is 0.461 e. The van der Waals surface area contributed by atoms with Crippen LogP contribution in [0.3, 0.4) is 0 Å². The van der Waals surface area contributed by atoms with E-state index in [4.69, 9.17) is 10.5 Å². The normalized spacial score (nSPS) is 27.7. The highest BCUT2D eigenvalue weighted by molar-refractivity contribution is 5.92. The Morgan fingerprint density at radius 1 is 1.13 bits per heavy atom. The number of nitrogens with zero attached hydrogens (tertiary/aromatic N) is 6. The second-order valence-corrected chi connectivity index (χ2v) is 12.9. The molecule has 4 atom stereocenters. The summed E-state index contributed by atoms with van der Waals surface area (Å²) in [6.07, 6.45) is -3.64. The molecule has 0 amide bonds. The van der Waals surface area contributed by atoms with Crippen molar-refractivity contribution in [3.63, 3.8) is 0 Å².